The third-order valence-electron chi connectivity index (χ3n) is 4.21. The van der Waals surface area contributed by atoms with Gasteiger partial charge >= 0.3 is 0 Å². The number of carbonyl (C=O) groups excluding carboxylic acids is 1. The summed E-state index contributed by atoms with van der Waals surface area (Å²) < 4.78 is 7.50. The van der Waals surface area contributed by atoms with Crippen molar-refractivity contribution in [3.05, 3.63) is 39.0 Å². The van der Waals surface area contributed by atoms with Gasteiger partial charge in [0.15, 0.2) is 5.13 Å². The van der Waals surface area contributed by atoms with E-state index in [0.717, 1.165) is 42.9 Å². The van der Waals surface area contributed by atoms with Crippen molar-refractivity contribution >= 4 is 59.9 Å². The molecule has 5 nitrogen and oxygen atoms in total. The minimum Gasteiger partial charge on any atom is -0.494 e. The maximum absolute atomic E-state index is 12.5. The molecule has 0 atom stereocenters. The summed E-state index contributed by atoms with van der Waals surface area (Å²) in [6.07, 6.45) is 0. The van der Waals surface area contributed by atoms with E-state index in [2.05, 4.69) is 26.9 Å². The van der Waals surface area contributed by atoms with Crippen LogP contribution < -0.4 is 9.64 Å². The first-order valence-corrected chi connectivity index (χ1v) is 10.3. The molecule has 4 rings (SSSR count). The average Bonchev–Trinajstić information content (AvgIpc) is 3.27. The fourth-order valence-corrected chi connectivity index (χ4v) is 5.29. The van der Waals surface area contributed by atoms with Crippen LogP contribution in [-0.4, -0.2) is 49.1 Å². The van der Waals surface area contributed by atoms with Gasteiger partial charge in [-0.3, -0.25) is 4.79 Å². The smallest absolute Gasteiger partial charge is 0.264 e. The number of hydrogen-bond acceptors (Lipinski definition) is 6. The Labute approximate surface area is 162 Å². The molecule has 1 amide bonds. The Kier molecular flexibility index (Phi) is 4.66. The summed E-state index contributed by atoms with van der Waals surface area (Å²) in [6, 6.07) is 9.78. The fourth-order valence-electron chi connectivity index (χ4n) is 2.90. The van der Waals surface area contributed by atoms with E-state index in [9.17, 15) is 4.79 Å². The maximum Gasteiger partial charge on any atom is 0.264 e. The van der Waals surface area contributed by atoms with E-state index < -0.39 is 0 Å². The van der Waals surface area contributed by atoms with Crippen molar-refractivity contribution in [1.29, 1.82) is 0 Å². The molecule has 1 aromatic carbocycles. The van der Waals surface area contributed by atoms with Gasteiger partial charge in [-0.25, -0.2) is 4.98 Å². The van der Waals surface area contributed by atoms with Crippen LogP contribution in [0, 0.1) is 0 Å². The number of nitrogens with zero attached hydrogens (tertiary/aromatic N) is 3. The number of ether oxygens (including phenoxy) is 1. The van der Waals surface area contributed by atoms with Gasteiger partial charge in [0.1, 0.15) is 11.3 Å². The average molecular weight is 438 g/mol. The van der Waals surface area contributed by atoms with Crippen molar-refractivity contribution in [2.45, 2.75) is 0 Å². The summed E-state index contributed by atoms with van der Waals surface area (Å²) in [5.74, 6) is 0.915. The van der Waals surface area contributed by atoms with Gasteiger partial charge in [-0.2, -0.15) is 0 Å². The molecule has 2 aromatic heterocycles. The predicted octanol–water partition coefficient (Wildman–Crippen LogP) is 4.09. The van der Waals surface area contributed by atoms with Crippen LogP contribution in [0.4, 0.5) is 5.13 Å². The molecule has 0 spiro atoms. The van der Waals surface area contributed by atoms with E-state index in [1.165, 1.54) is 11.3 Å². The van der Waals surface area contributed by atoms with Crippen LogP contribution in [0.15, 0.2) is 34.1 Å². The number of carbonyl (C=O) groups is 1. The van der Waals surface area contributed by atoms with Gasteiger partial charge in [-0.1, -0.05) is 17.4 Å². The van der Waals surface area contributed by atoms with Crippen LogP contribution in [0.25, 0.3) is 10.2 Å². The number of thiophene rings is 1. The normalized spacial score (nSPS) is 15.0. The first-order valence-electron chi connectivity index (χ1n) is 7.89. The molecule has 3 aromatic rings. The summed E-state index contributed by atoms with van der Waals surface area (Å²) in [5.41, 5.74) is 0.909. The van der Waals surface area contributed by atoms with Crippen molar-refractivity contribution in [2.75, 3.05) is 38.2 Å². The Hall–Kier alpha value is -1.64. The quantitative estimate of drug-likeness (QED) is 0.618. The minimum absolute atomic E-state index is 0.112. The number of halogens is 1. The Balaban J connectivity index is 1.47. The molecule has 3 heterocycles. The molecular weight excluding hydrogens is 422 g/mol. The Morgan fingerprint density at radius 1 is 1.16 bits per heavy atom. The highest BCUT2D eigenvalue weighted by molar-refractivity contribution is 9.11. The van der Waals surface area contributed by atoms with Crippen molar-refractivity contribution in [3.63, 3.8) is 0 Å². The van der Waals surface area contributed by atoms with Crippen molar-refractivity contribution < 1.29 is 9.53 Å². The van der Waals surface area contributed by atoms with Crippen LogP contribution in [0.3, 0.4) is 0 Å². The third-order valence-corrected chi connectivity index (χ3v) is 6.91. The topological polar surface area (TPSA) is 45.7 Å². The minimum atomic E-state index is 0.112. The number of amides is 1. The van der Waals surface area contributed by atoms with Gasteiger partial charge in [0.05, 0.1) is 20.5 Å². The Bertz CT molecular complexity index is 916. The van der Waals surface area contributed by atoms with Crippen molar-refractivity contribution in [3.8, 4) is 5.75 Å². The highest BCUT2D eigenvalue weighted by atomic mass is 79.9. The summed E-state index contributed by atoms with van der Waals surface area (Å²) >= 11 is 6.57. The summed E-state index contributed by atoms with van der Waals surface area (Å²) in [4.78, 5) is 22.2. The molecule has 8 heteroatoms. The number of piperazine rings is 1. The molecule has 0 radical (unpaired) electrons. The molecule has 1 saturated heterocycles. The van der Waals surface area contributed by atoms with Gasteiger partial charge in [-0.05, 0) is 40.2 Å². The lowest BCUT2D eigenvalue weighted by molar-refractivity contribution is 0.0751. The van der Waals surface area contributed by atoms with Crippen molar-refractivity contribution in [2.24, 2.45) is 0 Å². The standard InChI is InChI=1S/C17H16BrN3O2S2/c1-23-11-3-2-4-12-15(11)19-17(25-12)21-9-7-20(8-10-21)16(22)13-5-6-14(18)24-13/h2-6H,7-10H2,1H3. The number of benzene rings is 1. The lowest BCUT2D eigenvalue weighted by atomic mass is 10.3. The van der Waals surface area contributed by atoms with E-state index in [0.29, 0.717) is 13.1 Å². The monoisotopic (exact) mass is 437 g/mol. The largest absolute Gasteiger partial charge is 0.494 e. The highest BCUT2D eigenvalue weighted by Gasteiger charge is 2.25. The molecule has 0 N–H and O–H groups in total. The molecule has 0 unspecified atom stereocenters. The van der Waals surface area contributed by atoms with Crippen LogP contribution in [-0.2, 0) is 0 Å². The van der Waals surface area contributed by atoms with E-state index in [-0.39, 0.29) is 5.91 Å². The van der Waals surface area contributed by atoms with Gasteiger partial charge in [-0.15, -0.1) is 11.3 Å². The molecule has 25 heavy (non-hydrogen) atoms. The zero-order valence-electron chi connectivity index (χ0n) is 13.6. The number of methoxy groups -OCH3 is 1. The van der Waals surface area contributed by atoms with Crippen molar-refractivity contribution in [1.82, 2.24) is 9.88 Å². The number of thiazole rings is 1. The summed E-state index contributed by atoms with van der Waals surface area (Å²) in [6.45, 7) is 3.00. The van der Waals surface area contributed by atoms with E-state index in [1.54, 1.807) is 18.4 Å². The number of para-hydroxylation sites is 1. The van der Waals surface area contributed by atoms with E-state index >= 15 is 0 Å². The second-order valence-electron chi connectivity index (χ2n) is 5.69. The lowest BCUT2D eigenvalue weighted by Crippen LogP contribution is -2.48. The number of aromatic nitrogens is 1. The van der Waals surface area contributed by atoms with Gasteiger partial charge in [0.25, 0.3) is 5.91 Å². The Morgan fingerprint density at radius 2 is 1.96 bits per heavy atom. The molecular formula is C17H16BrN3O2S2. The van der Waals surface area contributed by atoms with E-state index in [1.807, 2.05) is 29.2 Å². The predicted molar refractivity (Wildman–Crippen MR) is 106 cm³/mol. The van der Waals surface area contributed by atoms with Gasteiger partial charge < -0.3 is 14.5 Å². The highest BCUT2D eigenvalue weighted by Crippen LogP contribution is 2.34. The molecule has 0 saturated carbocycles. The fraction of sp³-hybridized carbons (Fsp3) is 0.294. The summed E-state index contributed by atoms with van der Waals surface area (Å²) in [5, 5.41) is 0.991. The number of hydrogen-bond donors (Lipinski definition) is 0. The zero-order chi connectivity index (χ0) is 17.4. The first kappa shape index (κ1) is 16.8. The number of fused-ring (bicyclic) bond motifs is 1. The van der Waals surface area contributed by atoms with Gasteiger partial charge in [0, 0.05) is 26.2 Å². The van der Waals surface area contributed by atoms with Crippen LogP contribution >= 0.6 is 38.6 Å². The second kappa shape index (κ2) is 6.93. The molecule has 1 aliphatic heterocycles. The SMILES string of the molecule is COc1cccc2sc(N3CCN(C(=O)c4ccc(Br)s4)CC3)nc12. The number of rotatable bonds is 3. The number of anilines is 1. The maximum atomic E-state index is 12.5. The van der Waals surface area contributed by atoms with Crippen LogP contribution in [0.1, 0.15) is 9.67 Å². The second-order valence-corrected chi connectivity index (χ2v) is 9.16. The summed E-state index contributed by atoms with van der Waals surface area (Å²) in [7, 11) is 1.67. The zero-order valence-corrected chi connectivity index (χ0v) is 16.8. The third kappa shape index (κ3) is 3.26. The molecule has 1 aliphatic rings. The molecule has 0 aliphatic carbocycles. The lowest BCUT2D eigenvalue weighted by Gasteiger charge is -2.34. The van der Waals surface area contributed by atoms with E-state index in [4.69, 9.17) is 9.72 Å². The Morgan fingerprint density at radius 3 is 2.64 bits per heavy atom. The molecule has 0 bridgehead atoms. The molecule has 130 valence electrons. The van der Waals surface area contributed by atoms with Crippen LogP contribution in [0.5, 0.6) is 5.75 Å². The molecule has 1 fully saturated rings. The van der Waals surface area contributed by atoms with Crippen LogP contribution in [0.2, 0.25) is 0 Å². The van der Waals surface area contributed by atoms with Gasteiger partial charge in [0.2, 0.25) is 0 Å². The first-order chi connectivity index (χ1) is 12.2.